The molecule has 0 aliphatic heterocycles. The van der Waals surface area contributed by atoms with Crippen molar-refractivity contribution in [3.63, 3.8) is 0 Å². The summed E-state index contributed by atoms with van der Waals surface area (Å²) in [5, 5.41) is 14.5. The topological polar surface area (TPSA) is 78.4 Å². The lowest BCUT2D eigenvalue weighted by atomic mass is 10.1. The Bertz CT molecular complexity index is 526. The van der Waals surface area contributed by atoms with E-state index in [1.807, 2.05) is 6.92 Å². The van der Waals surface area contributed by atoms with Crippen molar-refractivity contribution in [2.75, 3.05) is 13.2 Å². The van der Waals surface area contributed by atoms with Gasteiger partial charge in [-0.1, -0.05) is 24.6 Å². The molecule has 0 saturated carbocycles. The van der Waals surface area contributed by atoms with Crippen LogP contribution < -0.4 is 10.6 Å². The first-order valence-corrected chi connectivity index (χ1v) is 7.47. The van der Waals surface area contributed by atoms with Crippen molar-refractivity contribution in [3.8, 4) is 0 Å². The van der Waals surface area contributed by atoms with E-state index in [2.05, 4.69) is 10.6 Å². The van der Waals surface area contributed by atoms with Gasteiger partial charge in [0.05, 0.1) is 17.7 Å². The summed E-state index contributed by atoms with van der Waals surface area (Å²) in [5.41, 5.74) is 0.410. The van der Waals surface area contributed by atoms with Gasteiger partial charge in [-0.05, 0) is 24.1 Å². The number of hydrogen-bond donors (Lipinski definition) is 3. The van der Waals surface area contributed by atoms with Crippen LogP contribution >= 0.6 is 11.6 Å². The predicted molar refractivity (Wildman–Crippen MR) is 81.9 cm³/mol. The van der Waals surface area contributed by atoms with Crippen molar-refractivity contribution in [2.24, 2.45) is 0 Å². The number of carbonyl (C=O) groups is 2. The Morgan fingerprint density at radius 3 is 2.59 bits per heavy atom. The zero-order valence-corrected chi connectivity index (χ0v) is 13.1. The standard InChI is InChI=1S/C15H20ClFN2O3/c1-2-7-18-14(21)5-6-15(22)19-13(9-20)10-3-4-11(16)12(17)8-10/h3-4,8,13,20H,2,5-7,9H2,1H3,(H,18,21)(H,19,22). The molecule has 0 radical (unpaired) electrons. The fraction of sp³-hybridized carbons (Fsp3) is 0.467. The summed E-state index contributed by atoms with van der Waals surface area (Å²) in [4.78, 5) is 23.2. The first-order chi connectivity index (χ1) is 10.5. The van der Waals surface area contributed by atoms with Gasteiger partial charge in [-0.25, -0.2) is 4.39 Å². The minimum Gasteiger partial charge on any atom is -0.394 e. The molecule has 1 aromatic carbocycles. The van der Waals surface area contributed by atoms with Crippen LogP contribution in [0.2, 0.25) is 5.02 Å². The lowest BCUT2D eigenvalue weighted by molar-refractivity contribution is -0.127. The Morgan fingerprint density at radius 1 is 1.32 bits per heavy atom. The van der Waals surface area contributed by atoms with Crippen LogP contribution in [0.4, 0.5) is 4.39 Å². The normalized spacial score (nSPS) is 11.8. The van der Waals surface area contributed by atoms with Gasteiger partial charge in [-0.3, -0.25) is 9.59 Å². The molecule has 1 rings (SSSR count). The summed E-state index contributed by atoms with van der Waals surface area (Å²) in [5.74, 6) is -1.21. The minimum absolute atomic E-state index is 0.00210. The molecule has 0 saturated heterocycles. The van der Waals surface area contributed by atoms with Gasteiger partial charge >= 0.3 is 0 Å². The van der Waals surface area contributed by atoms with Crippen LogP contribution in [0.5, 0.6) is 0 Å². The molecule has 1 atom stereocenters. The van der Waals surface area contributed by atoms with Crippen LogP contribution in [-0.4, -0.2) is 30.1 Å². The summed E-state index contributed by atoms with van der Waals surface area (Å²) in [7, 11) is 0. The van der Waals surface area contributed by atoms with E-state index < -0.39 is 11.9 Å². The second-order valence-electron chi connectivity index (χ2n) is 4.83. The van der Waals surface area contributed by atoms with Crippen molar-refractivity contribution in [2.45, 2.75) is 32.2 Å². The van der Waals surface area contributed by atoms with Gasteiger partial charge in [0.25, 0.3) is 0 Å². The Labute approximate surface area is 133 Å². The number of halogens is 2. The monoisotopic (exact) mass is 330 g/mol. The highest BCUT2D eigenvalue weighted by Crippen LogP contribution is 2.20. The molecule has 0 aromatic heterocycles. The molecule has 0 aliphatic carbocycles. The molecular weight excluding hydrogens is 311 g/mol. The lowest BCUT2D eigenvalue weighted by Crippen LogP contribution is -2.32. The number of hydrogen-bond acceptors (Lipinski definition) is 3. The van der Waals surface area contributed by atoms with Crippen LogP contribution in [0.3, 0.4) is 0 Å². The van der Waals surface area contributed by atoms with E-state index >= 15 is 0 Å². The molecule has 2 amide bonds. The molecule has 0 spiro atoms. The number of amides is 2. The van der Waals surface area contributed by atoms with Crippen molar-refractivity contribution >= 4 is 23.4 Å². The van der Waals surface area contributed by atoms with Crippen molar-refractivity contribution in [3.05, 3.63) is 34.6 Å². The third kappa shape index (κ3) is 5.99. The van der Waals surface area contributed by atoms with E-state index in [9.17, 15) is 19.1 Å². The number of rotatable bonds is 8. The summed E-state index contributed by atoms with van der Waals surface area (Å²) >= 11 is 5.59. The second kappa shape index (κ2) is 9.38. The molecule has 0 bridgehead atoms. The molecule has 0 heterocycles. The molecule has 3 N–H and O–H groups in total. The number of aliphatic hydroxyl groups excluding tert-OH is 1. The molecule has 7 heteroatoms. The van der Waals surface area contributed by atoms with Crippen molar-refractivity contribution in [1.82, 2.24) is 10.6 Å². The third-order valence-electron chi connectivity index (χ3n) is 3.02. The largest absolute Gasteiger partial charge is 0.394 e. The Morgan fingerprint density at radius 2 is 2.00 bits per heavy atom. The fourth-order valence-corrected chi connectivity index (χ4v) is 1.93. The van der Waals surface area contributed by atoms with Crippen LogP contribution in [0.1, 0.15) is 37.8 Å². The minimum atomic E-state index is -0.738. The molecule has 22 heavy (non-hydrogen) atoms. The Balaban J connectivity index is 2.53. The maximum atomic E-state index is 13.4. The first kappa shape index (κ1) is 18.4. The molecule has 1 unspecified atom stereocenters. The lowest BCUT2D eigenvalue weighted by Gasteiger charge is -2.17. The average molecular weight is 331 g/mol. The van der Waals surface area contributed by atoms with Gasteiger partial charge in [0.1, 0.15) is 5.82 Å². The molecule has 0 aliphatic rings. The molecule has 122 valence electrons. The van der Waals surface area contributed by atoms with Gasteiger partial charge in [-0.15, -0.1) is 0 Å². The maximum absolute atomic E-state index is 13.4. The Kier molecular flexibility index (Phi) is 7.84. The number of carbonyl (C=O) groups excluding carboxylic acids is 2. The molecule has 5 nitrogen and oxygen atoms in total. The summed E-state index contributed by atoms with van der Waals surface area (Å²) in [6.45, 7) is 2.13. The first-order valence-electron chi connectivity index (χ1n) is 7.09. The number of aliphatic hydroxyl groups is 1. The van der Waals surface area contributed by atoms with Gasteiger partial charge in [0.15, 0.2) is 0 Å². The van der Waals surface area contributed by atoms with Gasteiger partial charge < -0.3 is 15.7 Å². The Hall–Kier alpha value is -1.66. The fourth-order valence-electron chi connectivity index (χ4n) is 1.81. The molecule has 0 fully saturated rings. The van der Waals surface area contributed by atoms with E-state index in [1.165, 1.54) is 12.1 Å². The molecular formula is C15H20ClFN2O3. The van der Waals surface area contributed by atoms with Crippen LogP contribution in [0.15, 0.2) is 18.2 Å². The van der Waals surface area contributed by atoms with Gasteiger partial charge in [0, 0.05) is 19.4 Å². The quantitative estimate of drug-likeness (QED) is 0.681. The third-order valence-corrected chi connectivity index (χ3v) is 3.32. The summed E-state index contributed by atoms with van der Waals surface area (Å²) in [6.07, 6.45) is 0.897. The van der Waals surface area contributed by atoms with Crippen LogP contribution in [0, 0.1) is 5.82 Å². The maximum Gasteiger partial charge on any atom is 0.221 e. The van der Waals surface area contributed by atoms with Crippen molar-refractivity contribution in [1.29, 1.82) is 0 Å². The predicted octanol–water partition coefficient (Wildman–Crippen LogP) is 1.94. The van der Waals surface area contributed by atoms with Gasteiger partial charge in [-0.2, -0.15) is 0 Å². The average Bonchev–Trinajstić information content (AvgIpc) is 2.51. The van der Waals surface area contributed by atoms with E-state index in [4.69, 9.17) is 11.6 Å². The van der Waals surface area contributed by atoms with Crippen molar-refractivity contribution < 1.29 is 19.1 Å². The molecule has 1 aromatic rings. The van der Waals surface area contributed by atoms with E-state index in [-0.39, 0.29) is 36.3 Å². The van der Waals surface area contributed by atoms with E-state index in [1.54, 1.807) is 0 Å². The van der Waals surface area contributed by atoms with E-state index in [0.717, 1.165) is 12.5 Å². The SMILES string of the molecule is CCCNC(=O)CCC(=O)NC(CO)c1ccc(Cl)c(F)c1. The highest BCUT2D eigenvalue weighted by molar-refractivity contribution is 6.30. The summed E-state index contributed by atoms with van der Waals surface area (Å²) < 4.78 is 13.4. The highest BCUT2D eigenvalue weighted by Gasteiger charge is 2.16. The highest BCUT2D eigenvalue weighted by atomic mass is 35.5. The van der Waals surface area contributed by atoms with Gasteiger partial charge in [0.2, 0.25) is 11.8 Å². The number of benzene rings is 1. The van der Waals surface area contributed by atoms with E-state index in [0.29, 0.717) is 12.1 Å². The zero-order chi connectivity index (χ0) is 16.5. The van der Waals surface area contributed by atoms with Crippen LogP contribution in [-0.2, 0) is 9.59 Å². The van der Waals surface area contributed by atoms with Crippen LogP contribution in [0.25, 0.3) is 0 Å². The second-order valence-corrected chi connectivity index (χ2v) is 5.23. The number of nitrogens with one attached hydrogen (secondary N) is 2. The summed E-state index contributed by atoms with van der Waals surface area (Å²) in [6, 6.07) is 3.31. The zero-order valence-electron chi connectivity index (χ0n) is 12.4. The smallest absolute Gasteiger partial charge is 0.221 e.